The van der Waals surface area contributed by atoms with E-state index in [-0.39, 0.29) is 5.82 Å². The van der Waals surface area contributed by atoms with Gasteiger partial charge in [0.2, 0.25) is 0 Å². The zero-order valence-electron chi connectivity index (χ0n) is 13.0. The zero-order chi connectivity index (χ0) is 16.9. The highest BCUT2D eigenvalue weighted by Gasteiger charge is 2.03. The number of hydrogen-bond acceptors (Lipinski definition) is 3. The van der Waals surface area contributed by atoms with Crippen LogP contribution in [0.4, 0.5) is 4.39 Å². The van der Waals surface area contributed by atoms with Crippen LogP contribution in [0.1, 0.15) is 5.56 Å². The Balaban J connectivity index is 1.73. The number of carbonyl (C=O) groups excluding carboxylic acids is 1. The van der Waals surface area contributed by atoms with Gasteiger partial charge in [0.15, 0.2) is 0 Å². The molecular formula is C20H15FO3. The van der Waals surface area contributed by atoms with E-state index >= 15 is 0 Å². The van der Waals surface area contributed by atoms with E-state index in [0.29, 0.717) is 5.75 Å². The largest absolute Gasteiger partial charge is 0.497 e. The summed E-state index contributed by atoms with van der Waals surface area (Å²) in [5.74, 6) is 0.370. The van der Waals surface area contributed by atoms with Crippen molar-refractivity contribution < 1.29 is 18.7 Å². The lowest BCUT2D eigenvalue weighted by atomic mass is 10.1. The number of carbonyl (C=O) groups is 1. The molecule has 0 bridgehead atoms. The number of benzene rings is 3. The molecule has 0 saturated heterocycles. The Bertz CT molecular complexity index is 898. The van der Waals surface area contributed by atoms with Gasteiger partial charge in [-0.1, -0.05) is 24.3 Å². The van der Waals surface area contributed by atoms with Crippen LogP contribution >= 0.6 is 0 Å². The highest BCUT2D eigenvalue weighted by atomic mass is 19.1. The number of esters is 1. The van der Waals surface area contributed by atoms with Crippen LogP contribution in [0, 0.1) is 5.82 Å². The van der Waals surface area contributed by atoms with E-state index in [0.717, 1.165) is 22.1 Å². The molecule has 0 heterocycles. The summed E-state index contributed by atoms with van der Waals surface area (Å²) in [6.07, 6.45) is 2.88. The van der Waals surface area contributed by atoms with Crippen LogP contribution in [0.5, 0.6) is 11.5 Å². The van der Waals surface area contributed by atoms with Crippen molar-refractivity contribution in [2.24, 2.45) is 0 Å². The number of halogens is 1. The normalized spacial score (nSPS) is 10.9. The smallest absolute Gasteiger partial charge is 0.336 e. The maximum Gasteiger partial charge on any atom is 0.336 e. The van der Waals surface area contributed by atoms with Gasteiger partial charge in [-0.15, -0.1) is 0 Å². The van der Waals surface area contributed by atoms with Gasteiger partial charge in [-0.3, -0.25) is 0 Å². The second-order valence-electron chi connectivity index (χ2n) is 5.18. The van der Waals surface area contributed by atoms with Crippen molar-refractivity contribution in [3.05, 3.63) is 78.1 Å². The zero-order valence-corrected chi connectivity index (χ0v) is 13.0. The molecule has 3 rings (SSSR count). The van der Waals surface area contributed by atoms with Gasteiger partial charge < -0.3 is 9.47 Å². The minimum Gasteiger partial charge on any atom is -0.497 e. The highest BCUT2D eigenvalue weighted by molar-refractivity contribution is 5.90. The van der Waals surface area contributed by atoms with Crippen LogP contribution in [0.2, 0.25) is 0 Å². The average Bonchev–Trinajstić information content (AvgIpc) is 2.60. The molecule has 0 spiro atoms. The fraction of sp³-hybridized carbons (Fsp3) is 0.0500. The van der Waals surface area contributed by atoms with Crippen LogP contribution in [0.3, 0.4) is 0 Å². The Labute approximate surface area is 138 Å². The summed E-state index contributed by atoms with van der Waals surface area (Å²) in [6, 6.07) is 16.9. The van der Waals surface area contributed by atoms with Crippen LogP contribution < -0.4 is 9.47 Å². The van der Waals surface area contributed by atoms with Gasteiger partial charge in [0.25, 0.3) is 0 Å². The maximum absolute atomic E-state index is 12.8. The van der Waals surface area contributed by atoms with Crippen molar-refractivity contribution in [2.75, 3.05) is 7.11 Å². The molecule has 120 valence electrons. The molecule has 0 unspecified atom stereocenters. The van der Waals surface area contributed by atoms with Gasteiger partial charge >= 0.3 is 5.97 Å². The van der Waals surface area contributed by atoms with Crippen molar-refractivity contribution >= 4 is 22.8 Å². The highest BCUT2D eigenvalue weighted by Crippen LogP contribution is 2.25. The molecule has 0 saturated carbocycles. The fourth-order valence-corrected chi connectivity index (χ4v) is 2.28. The third-order valence-electron chi connectivity index (χ3n) is 3.52. The Morgan fingerprint density at radius 3 is 2.29 bits per heavy atom. The first-order chi connectivity index (χ1) is 11.6. The van der Waals surface area contributed by atoms with Crippen LogP contribution in [-0.2, 0) is 4.79 Å². The van der Waals surface area contributed by atoms with Gasteiger partial charge in [0.05, 0.1) is 7.11 Å². The second-order valence-corrected chi connectivity index (χ2v) is 5.18. The summed E-state index contributed by atoms with van der Waals surface area (Å²) in [6.45, 7) is 0. The monoisotopic (exact) mass is 322 g/mol. The third kappa shape index (κ3) is 3.79. The average molecular weight is 322 g/mol. The van der Waals surface area contributed by atoms with Crippen molar-refractivity contribution in [2.45, 2.75) is 0 Å². The fourth-order valence-electron chi connectivity index (χ4n) is 2.28. The Morgan fingerprint density at radius 2 is 1.58 bits per heavy atom. The number of hydrogen-bond donors (Lipinski definition) is 0. The van der Waals surface area contributed by atoms with E-state index in [2.05, 4.69) is 0 Å². The first-order valence-corrected chi connectivity index (χ1v) is 7.37. The lowest BCUT2D eigenvalue weighted by molar-refractivity contribution is -0.128. The van der Waals surface area contributed by atoms with E-state index in [1.165, 1.54) is 18.2 Å². The molecular weight excluding hydrogens is 307 g/mol. The molecule has 0 atom stereocenters. The van der Waals surface area contributed by atoms with Crippen molar-refractivity contribution in [1.29, 1.82) is 0 Å². The second kappa shape index (κ2) is 6.96. The molecule has 0 aliphatic heterocycles. The Hall–Kier alpha value is -3.14. The predicted octanol–water partition coefficient (Wildman–Crippen LogP) is 4.61. The van der Waals surface area contributed by atoms with Gasteiger partial charge in [0, 0.05) is 6.08 Å². The van der Waals surface area contributed by atoms with Gasteiger partial charge in [0.1, 0.15) is 17.3 Å². The molecule has 4 heteroatoms. The van der Waals surface area contributed by atoms with Gasteiger partial charge in [-0.2, -0.15) is 0 Å². The number of fused-ring (bicyclic) bond motifs is 1. The summed E-state index contributed by atoms with van der Waals surface area (Å²) in [5.41, 5.74) is 0.719. The van der Waals surface area contributed by atoms with E-state index in [4.69, 9.17) is 9.47 Å². The molecule has 0 fully saturated rings. The minimum atomic E-state index is -0.499. The summed E-state index contributed by atoms with van der Waals surface area (Å²) < 4.78 is 23.3. The topological polar surface area (TPSA) is 35.5 Å². The Morgan fingerprint density at radius 1 is 0.917 bits per heavy atom. The van der Waals surface area contributed by atoms with Crippen LogP contribution in [-0.4, -0.2) is 13.1 Å². The maximum atomic E-state index is 12.8. The van der Waals surface area contributed by atoms with Crippen molar-refractivity contribution in [3.63, 3.8) is 0 Å². The molecule has 0 amide bonds. The van der Waals surface area contributed by atoms with Gasteiger partial charge in [-0.25, -0.2) is 9.18 Å². The molecule has 0 radical (unpaired) electrons. The molecule has 0 aliphatic carbocycles. The molecule has 3 aromatic carbocycles. The molecule has 3 nitrogen and oxygen atoms in total. The van der Waals surface area contributed by atoms with Crippen molar-refractivity contribution in [3.8, 4) is 11.5 Å². The van der Waals surface area contributed by atoms with Crippen molar-refractivity contribution in [1.82, 2.24) is 0 Å². The molecule has 24 heavy (non-hydrogen) atoms. The first-order valence-electron chi connectivity index (χ1n) is 7.37. The van der Waals surface area contributed by atoms with E-state index in [1.54, 1.807) is 37.5 Å². The SMILES string of the molecule is COc1ccc2ccc(OC(=O)/C=C/c3ccc(F)cc3)cc2c1. The summed E-state index contributed by atoms with van der Waals surface area (Å²) >= 11 is 0. The number of ether oxygens (including phenoxy) is 2. The first kappa shape index (κ1) is 15.7. The third-order valence-corrected chi connectivity index (χ3v) is 3.52. The summed E-state index contributed by atoms with van der Waals surface area (Å²) in [5, 5.41) is 1.94. The van der Waals surface area contributed by atoms with Crippen LogP contribution in [0.15, 0.2) is 66.7 Å². The summed E-state index contributed by atoms with van der Waals surface area (Å²) in [7, 11) is 1.60. The summed E-state index contributed by atoms with van der Waals surface area (Å²) in [4.78, 5) is 11.9. The van der Waals surface area contributed by atoms with E-state index < -0.39 is 5.97 Å². The van der Waals surface area contributed by atoms with E-state index in [1.807, 2.05) is 24.3 Å². The van der Waals surface area contributed by atoms with E-state index in [9.17, 15) is 9.18 Å². The van der Waals surface area contributed by atoms with Gasteiger partial charge in [-0.05, 0) is 58.8 Å². The quantitative estimate of drug-likeness (QED) is 0.400. The number of methoxy groups -OCH3 is 1. The molecule has 3 aromatic rings. The number of rotatable bonds is 4. The Kier molecular flexibility index (Phi) is 4.57. The minimum absolute atomic E-state index is 0.318. The standard InChI is InChI=1S/C20H15FO3/c1-23-18-9-5-15-6-10-19(13-16(15)12-18)24-20(22)11-4-14-2-7-17(21)8-3-14/h2-13H,1H3/b11-4+. The molecule has 0 aromatic heterocycles. The lowest BCUT2D eigenvalue weighted by Gasteiger charge is -2.05. The molecule has 0 N–H and O–H groups in total. The predicted molar refractivity (Wildman–Crippen MR) is 91.6 cm³/mol. The van der Waals surface area contributed by atoms with Crippen LogP contribution in [0.25, 0.3) is 16.8 Å². The molecule has 0 aliphatic rings. The lowest BCUT2D eigenvalue weighted by Crippen LogP contribution is -2.03.